The summed E-state index contributed by atoms with van der Waals surface area (Å²) in [5.41, 5.74) is 6.89. The predicted octanol–water partition coefficient (Wildman–Crippen LogP) is 3.42. The summed E-state index contributed by atoms with van der Waals surface area (Å²) in [5.74, 6) is 1.48. The Morgan fingerprint density at radius 1 is 1.31 bits per heavy atom. The van der Waals surface area contributed by atoms with E-state index in [-0.39, 0.29) is 5.92 Å². The van der Waals surface area contributed by atoms with Crippen LogP contribution < -0.4 is 10.5 Å². The maximum atomic E-state index is 12.0. The second kappa shape index (κ2) is 9.68. The fourth-order valence-corrected chi connectivity index (χ4v) is 3.26. The molecule has 3 rings (SSSR count). The molecule has 2 aromatic heterocycles. The minimum atomic E-state index is -0.407. The highest BCUT2D eigenvalue weighted by molar-refractivity contribution is 14.1. The number of carbonyl (C=O) groups excluding carboxylic acids is 1. The minimum Gasteiger partial charge on any atom is -0.492 e. The summed E-state index contributed by atoms with van der Waals surface area (Å²) in [6.45, 7) is 3.27. The Labute approximate surface area is 182 Å². The van der Waals surface area contributed by atoms with Crippen molar-refractivity contribution >= 4 is 34.4 Å². The van der Waals surface area contributed by atoms with Crippen molar-refractivity contribution in [2.45, 2.75) is 19.9 Å². The summed E-state index contributed by atoms with van der Waals surface area (Å²) >= 11 is 2.15. The number of rotatable bonds is 8. The number of methoxy groups -OCH3 is 1. The fraction of sp³-hybridized carbons (Fsp3) is 0.300. The Kier molecular flexibility index (Phi) is 7.02. The number of aryl methyl sites for hydroxylation is 1. The Bertz CT molecular complexity index is 992. The van der Waals surface area contributed by atoms with Gasteiger partial charge in [-0.3, -0.25) is 0 Å². The third-order valence-electron chi connectivity index (χ3n) is 4.35. The molecule has 0 saturated heterocycles. The molecule has 9 heteroatoms. The first kappa shape index (κ1) is 21.0. The molecule has 0 aliphatic carbocycles. The first-order valence-electron chi connectivity index (χ1n) is 9.09. The van der Waals surface area contributed by atoms with E-state index in [9.17, 15) is 4.79 Å². The summed E-state index contributed by atoms with van der Waals surface area (Å²) in [5, 5.41) is 8.16. The maximum absolute atomic E-state index is 12.0. The van der Waals surface area contributed by atoms with E-state index in [0.717, 1.165) is 9.99 Å². The summed E-state index contributed by atoms with van der Waals surface area (Å²) < 4.78 is 13.6. The lowest BCUT2D eigenvalue weighted by Gasteiger charge is -2.16. The molecular formula is C20H22IN5O3. The number of esters is 1. The van der Waals surface area contributed by atoms with Crippen molar-refractivity contribution in [1.29, 1.82) is 0 Å². The molecule has 0 saturated carbocycles. The Morgan fingerprint density at radius 3 is 2.90 bits per heavy atom. The average Bonchev–Trinajstić information content (AvgIpc) is 3.19. The van der Waals surface area contributed by atoms with Crippen molar-refractivity contribution in [3.05, 3.63) is 51.9 Å². The van der Waals surface area contributed by atoms with Gasteiger partial charge in [0.15, 0.2) is 5.82 Å². The molecule has 1 aromatic carbocycles. The van der Waals surface area contributed by atoms with Crippen LogP contribution in [0.1, 0.15) is 23.7 Å². The van der Waals surface area contributed by atoms with Crippen LogP contribution in [0.15, 0.2) is 42.7 Å². The maximum Gasteiger partial charge on any atom is 0.341 e. The number of ether oxygens (including phenoxy) is 2. The minimum absolute atomic E-state index is 0.240. The van der Waals surface area contributed by atoms with Gasteiger partial charge in [-0.2, -0.15) is 0 Å². The van der Waals surface area contributed by atoms with Crippen LogP contribution in [-0.4, -0.2) is 39.4 Å². The number of anilines is 1. The molecular weight excluding hydrogens is 485 g/mol. The summed E-state index contributed by atoms with van der Waals surface area (Å²) in [6, 6.07) is 10.9. The number of hydrogen-bond donors (Lipinski definition) is 1. The van der Waals surface area contributed by atoms with E-state index in [1.807, 2.05) is 22.8 Å². The van der Waals surface area contributed by atoms with Crippen molar-refractivity contribution in [2.24, 2.45) is 5.92 Å². The lowest BCUT2D eigenvalue weighted by Crippen LogP contribution is -2.14. The number of aromatic nitrogens is 4. The van der Waals surface area contributed by atoms with Crippen molar-refractivity contribution in [1.82, 2.24) is 19.7 Å². The van der Waals surface area contributed by atoms with E-state index in [1.54, 1.807) is 24.5 Å². The normalized spacial score (nSPS) is 11.8. The zero-order valence-electron chi connectivity index (χ0n) is 16.2. The quantitative estimate of drug-likeness (QED) is 0.368. The molecule has 2 N–H and O–H groups in total. The molecule has 0 fully saturated rings. The van der Waals surface area contributed by atoms with Crippen LogP contribution in [-0.2, 0) is 11.3 Å². The zero-order chi connectivity index (χ0) is 20.8. The predicted molar refractivity (Wildman–Crippen MR) is 117 cm³/mol. The molecule has 0 aliphatic rings. The fourth-order valence-electron chi connectivity index (χ4n) is 2.77. The molecule has 8 nitrogen and oxygen atoms in total. The monoisotopic (exact) mass is 507 g/mol. The SMILES string of the molecule is COC(=O)c1cc(I)ccc1OC[C@H](C)CCn1cnnc1-c1cccc(N)n1. The lowest BCUT2D eigenvalue weighted by atomic mass is 10.1. The van der Waals surface area contributed by atoms with Crippen molar-refractivity contribution in [3.63, 3.8) is 0 Å². The van der Waals surface area contributed by atoms with Gasteiger partial charge in [0.25, 0.3) is 0 Å². The molecule has 152 valence electrons. The highest BCUT2D eigenvalue weighted by Crippen LogP contribution is 2.23. The van der Waals surface area contributed by atoms with Gasteiger partial charge < -0.3 is 19.8 Å². The number of nitrogen functional groups attached to an aromatic ring is 1. The molecule has 1 atom stereocenters. The van der Waals surface area contributed by atoms with Gasteiger partial charge in [-0.1, -0.05) is 13.0 Å². The number of benzene rings is 1. The second-order valence-corrected chi connectivity index (χ2v) is 7.88. The number of pyridine rings is 1. The first-order chi connectivity index (χ1) is 14.0. The number of hydrogen-bond acceptors (Lipinski definition) is 7. The molecule has 0 spiro atoms. The summed E-state index contributed by atoms with van der Waals surface area (Å²) in [6.07, 6.45) is 2.52. The standard InChI is InChI=1S/C20H22IN5O3/c1-13(11-29-17-7-6-14(21)10-15(17)20(27)28-2)8-9-26-12-23-25-19(26)16-4-3-5-18(22)24-16/h3-7,10,12-13H,8-9,11H2,1-2H3,(H2,22,24)/t13-/m1/s1. The largest absolute Gasteiger partial charge is 0.492 e. The van der Waals surface area contributed by atoms with Crippen LogP contribution in [0.5, 0.6) is 5.75 Å². The average molecular weight is 507 g/mol. The van der Waals surface area contributed by atoms with E-state index in [0.29, 0.717) is 41.8 Å². The van der Waals surface area contributed by atoms with Gasteiger partial charge in [0.2, 0.25) is 0 Å². The molecule has 0 aliphatic heterocycles. The van der Waals surface area contributed by atoms with Crippen LogP contribution in [0.25, 0.3) is 11.5 Å². The van der Waals surface area contributed by atoms with Gasteiger partial charge >= 0.3 is 5.97 Å². The summed E-state index contributed by atoms with van der Waals surface area (Å²) in [4.78, 5) is 16.3. The van der Waals surface area contributed by atoms with Crippen LogP contribution >= 0.6 is 22.6 Å². The number of carbonyl (C=O) groups is 1. The zero-order valence-corrected chi connectivity index (χ0v) is 18.4. The highest BCUT2D eigenvalue weighted by Gasteiger charge is 2.15. The molecule has 2 heterocycles. The Balaban J connectivity index is 1.60. The number of nitrogens with two attached hydrogens (primary N) is 1. The third kappa shape index (κ3) is 5.43. The topological polar surface area (TPSA) is 105 Å². The summed E-state index contributed by atoms with van der Waals surface area (Å²) in [7, 11) is 1.36. The molecule has 0 unspecified atom stereocenters. The van der Waals surface area contributed by atoms with E-state index in [4.69, 9.17) is 15.2 Å². The van der Waals surface area contributed by atoms with Crippen molar-refractivity contribution in [2.75, 3.05) is 19.5 Å². The number of halogens is 1. The van der Waals surface area contributed by atoms with Crippen LogP contribution in [0.2, 0.25) is 0 Å². The molecule has 0 radical (unpaired) electrons. The van der Waals surface area contributed by atoms with Crippen molar-refractivity contribution < 1.29 is 14.3 Å². The lowest BCUT2D eigenvalue weighted by molar-refractivity contribution is 0.0595. The van der Waals surface area contributed by atoms with E-state index in [1.165, 1.54) is 7.11 Å². The van der Waals surface area contributed by atoms with Gasteiger partial charge in [-0.05, 0) is 65.3 Å². The van der Waals surface area contributed by atoms with Gasteiger partial charge in [-0.15, -0.1) is 10.2 Å². The van der Waals surface area contributed by atoms with Crippen LogP contribution in [0, 0.1) is 9.49 Å². The Morgan fingerprint density at radius 2 is 2.14 bits per heavy atom. The first-order valence-corrected chi connectivity index (χ1v) is 10.2. The molecule has 29 heavy (non-hydrogen) atoms. The van der Waals surface area contributed by atoms with E-state index in [2.05, 4.69) is 44.7 Å². The third-order valence-corrected chi connectivity index (χ3v) is 5.02. The molecule has 0 bridgehead atoms. The van der Waals surface area contributed by atoms with E-state index < -0.39 is 5.97 Å². The smallest absolute Gasteiger partial charge is 0.341 e. The van der Waals surface area contributed by atoms with E-state index >= 15 is 0 Å². The highest BCUT2D eigenvalue weighted by atomic mass is 127. The van der Waals surface area contributed by atoms with Gasteiger partial charge in [-0.25, -0.2) is 9.78 Å². The second-order valence-electron chi connectivity index (χ2n) is 6.63. The van der Waals surface area contributed by atoms with Crippen LogP contribution in [0.3, 0.4) is 0 Å². The van der Waals surface area contributed by atoms with Gasteiger partial charge in [0, 0.05) is 10.1 Å². The number of nitrogens with zero attached hydrogens (tertiary/aromatic N) is 4. The Hall–Kier alpha value is -2.69. The molecule has 3 aromatic rings. The van der Waals surface area contributed by atoms with Crippen molar-refractivity contribution in [3.8, 4) is 17.3 Å². The van der Waals surface area contributed by atoms with Crippen LogP contribution in [0.4, 0.5) is 5.82 Å². The van der Waals surface area contributed by atoms with Gasteiger partial charge in [0.05, 0.1) is 13.7 Å². The molecule has 0 amide bonds. The van der Waals surface area contributed by atoms with Gasteiger partial charge in [0.1, 0.15) is 29.2 Å².